The van der Waals surface area contributed by atoms with E-state index in [1.807, 2.05) is 89.8 Å². The number of nitrogens with zero attached hydrogens (tertiary/aromatic N) is 4. The molecule has 0 spiro atoms. The number of allylic oxidation sites excluding steroid dienone is 1. The average Bonchev–Trinajstić information content (AvgIpc) is 3.37. The first-order valence-corrected chi connectivity index (χ1v) is 10.9. The van der Waals surface area contributed by atoms with Gasteiger partial charge in [0.25, 0.3) is 5.91 Å². The molecule has 33 heavy (non-hydrogen) atoms. The smallest absolute Gasteiger partial charge is 0.265 e. The summed E-state index contributed by atoms with van der Waals surface area (Å²) in [5.41, 5.74) is 4.63. The predicted octanol–water partition coefficient (Wildman–Crippen LogP) is 6.45. The lowest BCUT2D eigenvalue weighted by Crippen LogP contribution is -2.18. The van der Waals surface area contributed by atoms with Crippen LogP contribution in [0.3, 0.4) is 0 Å². The van der Waals surface area contributed by atoms with Crippen LogP contribution < -0.4 is 4.90 Å². The number of aromatic nitrogens is 3. The van der Waals surface area contributed by atoms with E-state index in [0.29, 0.717) is 16.5 Å². The summed E-state index contributed by atoms with van der Waals surface area (Å²) in [7, 11) is 0. The van der Waals surface area contributed by atoms with Gasteiger partial charge in [-0.15, -0.1) is 0 Å². The van der Waals surface area contributed by atoms with Gasteiger partial charge in [-0.25, -0.2) is 9.97 Å². The lowest BCUT2D eigenvalue weighted by atomic mass is 10.0. The molecule has 0 bridgehead atoms. The van der Waals surface area contributed by atoms with Crippen LogP contribution in [0.4, 0.5) is 11.6 Å². The zero-order chi connectivity index (χ0) is 22.4. The van der Waals surface area contributed by atoms with Crippen molar-refractivity contribution in [2.45, 2.75) is 0 Å². The first-order valence-electron chi connectivity index (χ1n) is 10.5. The van der Waals surface area contributed by atoms with Crippen molar-refractivity contribution in [1.82, 2.24) is 14.5 Å². The Morgan fingerprint density at radius 3 is 2.24 bits per heavy atom. The molecule has 0 fully saturated rings. The maximum Gasteiger partial charge on any atom is 0.265 e. The molecule has 5 aromatic rings. The highest BCUT2D eigenvalue weighted by Crippen LogP contribution is 2.44. The molecule has 3 heterocycles. The Morgan fingerprint density at radius 2 is 1.48 bits per heavy atom. The van der Waals surface area contributed by atoms with Crippen LogP contribution in [0.2, 0.25) is 5.02 Å². The second-order valence-corrected chi connectivity index (χ2v) is 8.12. The van der Waals surface area contributed by atoms with E-state index in [4.69, 9.17) is 11.6 Å². The molecule has 0 amide bonds. The van der Waals surface area contributed by atoms with Crippen molar-refractivity contribution in [2.24, 2.45) is 0 Å². The molecule has 0 radical (unpaired) electrons. The van der Waals surface area contributed by atoms with Gasteiger partial charge in [0.2, 0.25) is 5.95 Å². The molecule has 0 saturated carbocycles. The number of carbonyl (C=O) groups excluding carboxylic acids is 1. The van der Waals surface area contributed by atoms with Gasteiger partial charge in [-0.1, -0.05) is 60.1 Å². The van der Waals surface area contributed by atoms with E-state index in [1.165, 1.54) is 0 Å². The molecule has 158 valence electrons. The molecule has 0 aliphatic carbocycles. The fourth-order valence-electron chi connectivity index (χ4n) is 4.32. The Balaban J connectivity index is 1.70. The highest BCUT2D eigenvalue weighted by molar-refractivity contribution is 6.35. The first kappa shape index (κ1) is 19.5. The monoisotopic (exact) mass is 448 g/mol. The third kappa shape index (κ3) is 3.13. The summed E-state index contributed by atoms with van der Waals surface area (Å²) >= 11 is 6.18. The molecule has 5 nitrogen and oxygen atoms in total. The van der Waals surface area contributed by atoms with Crippen LogP contribution in [0, 0.1) is 0 Å². The van der Waals surface area contributed by atoms with Crippen LogP contribution in [0.5, 0.6) is 0 Å². The molecule has 1 aliphatic rings. The average molecular weight is 449 g/mol. The fourth-order valence-corrected chi connectivity index (χ4v) is 4.45. The first-order chi connectivity index (χ1) is 16.2. The van der Waals surface area contributed by atoms with E-state index in [2.05, 4.69) is 9.97 Å². The molecular weight excluding hydrogens is 432 g/mol. The number of hydrogen-bond acceptors (Lipinski definition) is 4. The van der Waals surface area contributed by atoms with Gasteiger partial charge >= 0.3 is 0 Å². The van der Waals surface area contributed by atoms with Gasteiger partial charge in [-0.3, -0.25) is 14.3 Å². The Morgan fingerprint density at radius 1 is 0.788 bits per heavy atom. The quantitative estimate of drug-likeness (QED) is 0.317. The summed E-state index contributed by atoms with van der Waals surface area (Å²) < 4.78 is 1.78. The van der Waals surface area contributed by atoms with Crippen LogP contribution >= 0.6 is 11.6 Å². The van der Waals surface area contributed by atoms with Crippen molar-refractivity contribution in [1.29, 1.82) is 0 Å². The lowest BCUT2D eigenvalue weighted by Gasteiger charge is -2.25. The summed E-state index contributed by atoms with van der Waals surface area (Å²) in [6.07, 6.45) is 3.39. The van der Waals surface area contributed by atoms with Gasteiger partial charge < -0.3 is 0 Å². The highest BCUT2D eigenvalue weighted by Gasteiger charge is 2.37. The normalized spacial score (nSPS) is 12.9. The zero-order valence-corrected chi connectivity index (χ0v) is 18.1. The number of fused-ring (bicyclic) bond motifs is 3. The van der Waals surface area contributed by atoms with E-state index >= 15 is 0 Å². The fraction of sp³-hybridized carbons (Fsp3) is 0. The summed E-state index contributed by atoms with van der Waals surface area (Å²) in [4.78, 5) is 24.9. The van der Waals surface area contributed by atoms with E-state index in [1.54, 1.807) is 23.0 Å². The van der Waals surface area contributed by atoms with Gasteiger partial charge in [0.1, 0.15) is 0 Å². The van der Waals surface area contributed by atoms with Gasteiger partial charge in [0.05, 0.1) is 22.5 Å². The molecule has 6 rings (SSSR count). The Labute approximate surface area is 195 Å². The third-order valence-corrected chi connectivity index (χ3v) is 5.98. The Kier molecular flexibility index (Phi) is 4.56. The highest BCUT2D eigenvalue weighted by atomic mass is 35.5. The molecule has 6 heteroatoms. The SMILES string of the molecule is O=C1C(c2ccccc2)=C(N(c2ccc(Cl)cc2)c2ncccn2)c2cc3ccccc3n21. The van der Waals surface area contributed by atoms with Gasteiger partial charge in [-0.05, 0) is 48.0 Å². The summed E-state index contributed by atoms with van der Waals surface area (Å²) in [5.74, 6) is 0.386. The predicted molar refractivity (Wildman–Crippen MR) is 131 cm³/mol. The number of rotatable bonds is 4. The number of benzene rings is 3. The van der Waals surface area contributed by atoms with Gasteiger partial charge in [0.15, 0.2) is 0 Å². The minimum absolute atomic E-state index is 0.0812. The van der Waals surface area contributed by atoms with E-state index in [0.717, 1.165) is 33.5 Å². The van der Waals surface area contributed by atoms with E-state index in [9.17, 15) is 4.79 Å². The van der Waals surface area contributed by atoms with Gasteiger partial charge in [0, 0.05) is 28.5 Å². The van der Waals surface area contributed by atoms with Crippen LogP contribution in [0.15, 0.2) is 103 Å². The van der Waals surface area contributed by atoms with E-state index in [-0.39, 0.29) is 5.91 Å². The summed E-state index contributed by atoms with van der Waals surface area (Å²) in [5, 5.41) is 1.62. The number of carbonyl (C=O) groups is 1. The van der Waals surface area contributed by atoms with Crippen molar-refractivity contribution in [2.75, 3.05) is 4.90 Å². The summed E-state index contributed by atoms with van der Waals surface area (Å²) in [6.45, 7) is 0. The van der Waals surface area contributed by atoms with Crippen LogP contribution in [-0.4, -0.2) is 20.4 Å². The Bertz CT molecular complexity index is 1520. The maximum absolute atomic E-state index is 13.9. The van der Waals surface area contributed by atoms with Crippen molar-refractivity contribution in [3.8, 4) is 0 Å². The topological polar surface area (TPSA) is 51.0 Å². The number of para-hydroxylation sites is 1. The summed E-state index contributed by atoms with van der Waals surface area (Å²) in [6, 6.07) is 28.9. The second-order valence-electron chi connectivity index (χ2n) is 7.68. The molecule has 2 aromatic heterocycles. The number of hydrogen-bond donors (Lipinski definition) is 0. The van der Waals surface area contributed by atoms with Crippen LogP contribution in [-0.2, 0) is 0 Å². The lowest BCUT2D eigenvalue weighted by molar-refractivity contribution is 0.0989. The zero-order valence-electron chi connectivity index (χ0n) is 17.4. The largest absolute Gasteiger partial charge is 0.276 e. The van der Waals surface area contributed by atoms with Gasteiger partial charge in [-0.2, -0.15) is 0 Å². The van der Waals surface area contributed by atoms with E-state index < -0.39 is 0 Å². The van der Waals surface area contributed by atoms with Crippen LogP contribution in [0.1, 0.15) is 16.1 Å². The minimum atomic E-state index is -0.0812. The molecule has 0 atom stereocenters. The van der Waals surface area contributed by atoms with Crippen LogP contribution in [0.25, 0.3) is 22.2 Å². The molecular formula is C27H17ClN4O. The third-order valence-electron chi connectivity index (χ3n) is 5.73. The minimum Gasteiger partial charge on any atom is -0.276 e. The standard InChI is InChI=1S/C27H17ClN4O/c28-20-11-13-21(14-12-20)31(27-29-15-6-16-30-27)25-23-17-19-9-4-5-10-22(19)32(23)26(33)24(25)18-7-2-1-3-8-18/h1-17H. The molecule has 0 saturated heterocycles. The maximum atomic E-state index is 13.9. The molecule has 3 aromatic carbocycles. The van der Waals surface area contributed by atoms with Crippen molar-refractivity contribution in [3.05, 3.63) is 120 Å². The van der Waals surface area contributed by atoms with Crippen molar-refractivity contribution < 1.29 is 4.79 Å². The van der Waals surface area contributed by atoms with Crippen molar-refractivity contribution >= 4 is 51.3 Å². The number of halogens is 1. The van der Waals surface area contributed by atoms with Crippen molar-refractivity contribution in [3.63, 3.8) is 0 Å². The number of anilines is 2. The molecule has 1 aliphatic heterocycles. The Hall–Kier alpha value is -4.22. The molecule has 0 N–H and O–H groups in total. The molecule has 0 unspecified atom stereocenters. The second kappa shape index (κ2) is 7.73.